The second-order valence-corrected chi connectivity index (χ2v) is 14.4. The number of ketones is 2. The zero-order valence-electron chi connectivity index (χ0n) is 23.9. The standard InChI is InChI=1S/C32H42N2O3.Ni/c1-19-22-8-9-30(6)25(29(22,5)15-21(17-33)27(19)36)14-24(35)26-23-16-28(3,4)10-12-32(23,18-37-20(2)34)13-11-31(26,30)7;/h14-15,18-19,22-23,26H,8-13,16H2,1-7H3;/q-2;+2/t19-,22-,23-,26-,29-,30+,31+,32+;/m0./s1. The fourth-order valence-electron chi connectivity index (χ4n) is 9.70. The van der Waals surface area contributed by atoms with Gasteiger partial charge in [-0.1, -0.05) is 71.9 Å². The molecule has 3 fully saturated rings. The summed E-state index contributed by atoms with van der Waals surface area (Å²) in [7, 11) is 0. The first-order valence-electron chi connectivity index (χ1n) is 14.1. The van der Waals surface area contributed by atoms with Gasteiger partial charge in [0.05, 0.1) is 5.57 Å². The molecule has 5 nitrogen and oxygen atoms in total. The zero-order valence-corrected chi connectivity index (χ0v) is 24.9. The van der Waals surface area contributed by atoms with E-state index in [2.05, 4.69) is 40.7 Å². The molecular formula is C32H42N2NiO3. The summed E-state index contributed by atoms with van der Waals surface area (Å²) in [4.78, 5) is 27.3. The third-order valence-corrected chi connectivity index (χ3v) is 12.0. The molecule has 208 valence electrons. The Morgan fingerprint density at radius 1 is 1.08 bits per heavy atom. The summed E-state index contributed by atoms with van der Waals surface area (Å²) < 4.78 is 5.67. The van der Waals surface area contributed by atoms with Crippen LogP contribution in [0.4, 0.5) is 0 Å². The Bertz CT molecular complexity index is 1180. The van der Waals surface area contributed by atoms with E-state index in [1.807, 2.05) is 25.7 Å². The van der Waals surface area contributed by atoms with Crippen molar-refractivity contribution < 1.29 is 30.8 Å². The Balaban J connectivity index is 0.00000336. The van der Waals surface area contributed by atoms with Gasteiger partial charge in [0.15, 0.2) is 11.6 Å². The van der Waals surface area contributed by atoms with Crippen molar-refractivity contribution in [2.45, 2.75) is 93.4 Å². The van der Waals surface area contributed by atoms with Crippen molar-refractivity contribution >= 4 is 17.5 Å². The smallest absolute Gasteiger partial charge is 0.779 e. The molecule has 5 aliphatic carbocycles. The van der Waals surface area contributed by atoms with Gasteiger partial charge in [-0.3, -0.25) is 9.59 Å². The summed E-state index contributed by atoms with van der Waals surface area (Å²) in [5.41, 5.74) is 0.360. The molecule has 0 aliphatic heterocycles. The van der Waals surface area contributed by atoms with Crippen LogP contribution in [0, 0.1) is 68.7 Å². The van der Waals surface area contributed by atoms with Crippen LogP contribution < -0.4 is 0 Å². The number of fused-ring (bicyclic) bond motifs is 7. The Labute approximate surface area is 238 Å². The van der Waals surface area contributed by atoms with Gasteiger partial charge in [-0.2, -0.15) is 11.9 Å². The van der Waals surface area contributed by atoms with Crippen molar-refractivity contribution in [3.05, 3.63) is 35.3 Å². The van der Waals surface area contributed by atoms with Crippen LogP contribution in [-0.2, 0) is 30.8 Å². The molecule has 38 heavy (non-hydrogen) atoms. The number of nitriles is 1. The van der Waals surface area contributed by atoms with E-state index in [0.717, 1.165) is 50.5 Å². The summed E-state index contributed by atoms with van der Waals surface area (Å²) in [6.07, 6.45) is 10.5. The Morgan fingerprint density at radius 2 is 1.74 bits per heavy atom. The molecule has 8 atom stereocenters. The average molecular weight is 561 g/mol. The molecule has 0 amide bonds. The van der Waals surface area contributed by atoms with Crippen LogP contribution >= 0.6 is 0 Å². The maximum absolute atomic E-state index is 14.4. The molecule has 0 aromatic carbocycles. The molecule has 6 heteroatoms. The maximum Gasteiger partial charge on any atom is 2.00 e. The third kappa shape index (κ3) is 3.85. The fraction of sp³-hybridized carbons (Fsp3) is 0.719. The van der Waals surface area contributed by atoms with Gasteiger partial charge in [0.25, 0.3) is 0 Å². The zero-order chi connectivity index (χ0) is 27.2. The largest absolute Gasteiger partial charge is 2.00 e. The molecule has 3 saturated carbocycles. The SMILES string of the molecule is CC(=[N-])O[CH-][C@]12CCC(C)(C)C[C@H]1[C@H]1C(=O)C=C3[C@@]4(C)C=C(C#N)C(=O)[C@@H](C)[C@@H]4CC[C@@]3(C)[C@]1(C)CC2.[Ni+2]. The number of carbonyl (C=O) groups excluding carboxylic acids is 2. The first-order valence-corrected chi connectivity index (χ1v) is 14.1. The molecule has 0 aromatic rings. The predicted molar refractivity (Wildman–Crippen MR) is 144 cm³/mol. The number of allylic oxidation sites excluding steroid dienone is 4. The molecule has 0 N–H and O–H groups in total. The van der Waals surface area contributed by atoms with Crippen LogP contribution in [0.3, 0.4) is 0 Å². The number of hydrogen-bond acceptors (Lipinski definition) is 4. The minimum absolute atomic E-state index is 0. The average Bonchev–Trinajstić information content (AvgIpc) is 2.82. The van der Waals surface area contributed by atoms with E-state index in [1.54, 1.807) is 6.92 Å². The Morgan fingerprint density at radius 3 is 2.37 bits per heavy atom. The van der Waals surface area contributed by atoms with Crippen LogP contribution in [0.2, 0.25) is 0 Å². The van der Waals surface area contributed by atoms with Gasteiger partial charge < -0.3 is 10.1 Å². The molecule has 0 radical (unpaired) electrons. The van der Waals surface area contributed by atoms with Crippen molar-refractivity contribution in [2.24, 2.45) is 50.7 Å². The number of hydrogen-bond donors (Lipinski definition) is 0. The minimum Gasteiger partial charge on any atom is -0.779 e. The minimum atomic E-state index is -0.479. The van der Waals surface area contributed by atoms with Gasteiger partial charge in [0.2, 0.25) is 0 Å². The van der Waals surface area contributed by atoms with Gasteiger partial charge in [-0.15, -0.1) is 5.41 Å². The second kappa shape index (κ2) is 9.16. The first kappa shape index (κ1) is 29.3. The van der Waals surface area contributed by atoms with Crippen LogP contribution in [0.15, 0.2) is 23.3 Å². The normalized spacial score (nSPS) is 45.0. The molecule has 0 aromatic heterocycles. The van der Waals surface area contributed by atoms with Gasteiger partial charge in [-0.25, -0.2) is 0 Å². The monoisotopic (exact) mass is 560 g/mol. The fourth-order valence-corrected chi connectivity index (χ4v) is 9.70. The summed E-state index contributed by atoms with van der Waals surface area (Å²) in [6, 6.07) is 2.16. The number of Topliss-reactive ketones (excluding diaryl/α,β-unsaturated/α-hetero) is 1. The summed E-state index contributed by atoms with van der Waals surface area (Å²) in [5.74, 6) is -0.0292. The van der Waals surface area contributed by atoms with Crippen molar-refractivity contribution in [3.63, 3.8) is 0 Å². The Kier molecular flexibility index (Phi) is 7.05. The molecule has 0 bridgehead atoms. The van der Waals surface area contributed by atoms with Crippen molar-refractivity contribution in [1.82, 2.24) is 0 Å². The van der Waals surface area contributed by atoms with Crippen molar-refractivity contribution in [1.29, 1.82) is 5.26 Å². The van der Waals surface area contributed by atoms with Gasteiger partial charge in [0, 0.05) is 17.3 Å². The van der Waals surface area contributed by atoms with E-state index in [4.69, 9.17) is 4.74 Å². The van der Waals surface area contributed by atoms with E-state index >= 15 is 0 Å². The van der Waals surface area contributed by atoms with Crippen LogP contribution in [-0.4, -0.2) is 17.5 Å². The summed E-state index contributed by atoms with van der Waals surface area (Å²) in [5, 5.41) is 19.6. The van der Waals surface area contributed by atoms with Crippen LogP contribution in [0.5, 0.6) is 0 Å². The molecule has 5 rings (SSSR count). The van der Waals surface area contributed by atoms with E-state index in [0.29, 0.717) is 0 Å². The molecule has 5 aliphatic rings. The first-order chi connectivity index (χ1) is 17.1. The van der Waals surface area contributed by atoms with Crippen LogP contribution in [0.25, 0.3) is 5.41 Å². The van der Waals surface area contributed by atoms with E-state index in [9.17, 15) is 20.3 Å². The molecule has 0 unspecified atom stereocenters. The maximum atomic E-state index is 14.4. The van der Waals surface area contributed by atoms with E-state index in [-0.39, 0.29) is 84.9 Å². The number of nitrogens with zero attached hydrogens (tertiary/aromatic N) is 2. The van der Waals surface area contributed by atoms with E-state index < -0.39 is 5.41 Å². The molecular weight excluding hydrogens is 519 g/mol. The van der Waals surface area contributed by atoms with Gasteiger partial charge in [-0.05, 0) is 73.2 Å². The predicted octanol–water partition coefficient (Wildman–Crippen LogP) is 6.98. The Hall–Kier alpha value is -1.73. The number of rotatable bonds is 2. The molecule has 0 spiro atoms. The van der Waals surface area contributed by atoms with E-state index in [1.165, 1.54) is 0 Å². The van der Waals surface area contributed by atoms with Gasteiger partial charge in [0.1, 0.15) is 6.07 Å². The van der Waals surface area contributed by atoms with Crippen LogP contribution in [0.1, 0.15) is 93.4 Å². The van der Waals surface area contributed by atoms with Crippen molar-refractivity contribution in [2.75, 3.05) is 0 Å². The quantitative estimate of drug-likeness (QED) is 0.158. The molecule has 0 heterocycles. The number of carbonyl (C=O) groups is 2. The topological polar surface area (TPSA) is 89.5 Å². The number of ether oxygens (including phenoxy) is 1. The second-order valence-electron chi connectivity index (χ2n) is 14.4. The summed E-state index contributed by atoms with van der Waals surface area (Å²) >= 11 is 0. The van der Waals surface area contributed by atoms with Crippen molar-refractivity contribution in [3.8, 4) is 6.07 Å². The summed E-state index contributed by atoms with van der Waals surface area (Å²) in [6.45, 7) is 16.9. The van der Waals surface area contributed by atoms with Gasteiger partial charge >= 0.3 is 16.5 Å². The third-order valence-electron chi connectivity index (χ3n) is 12.0. The molecule has 0 saturated heterocycles.